The van der Waals surface area contributed by atoms with E-state index in [0.29, 0.717) is 0 Å². The van der Waals surface area contributed by atoms with E-state index in [0.717, 1.165) is 21.2 Å². The molecule has 4 nitrogen and oxygen atoms in total. The normalized spacial score (nSPS) is 13.6. The predicted octanol–water partition coefficient (Wildman–Crippen LogP) is 21.0. The zero-order valence-electron chi connectivity index (χ0n) is 45.8. The lowest BCUT2D eigenvalue weighted by atomic mass is 9.78. The third kappa shape index (κ3) is 10.1. The van der Waals surface area contributed by atoms with Crippen molar-refractivity contribution in [2.24, 2.45) is 0 Å². The topological polar surface area (TPSA) is 28.3 Å². The molecule has 0 bridgehead atoms. The molecule has 0 spiro atoms. The quantitative estimate of drug-likeness (QED) is 0.123. The summed E-state index contributed by atoms with van der Waals surface area (Å²) in [6.07, 6.45) is 0. The van der Waals surface area contributed by atoms with E-state index in [1.807, 2.05) is 18.2 Å². The number of halogens is 3. The maximum atomic E-state index is 6.34. The molecular formula is C74H56BBr2IN2O2. The Hall–Kier alpha value is -7.57. The molecule has 15 rings (SSSR count). The summed E-state index contributed by atoms with van der Waals surface area (Å²) in [5, 5.41) is 10.2. The largest absolute Gasteiger partial charge is 0.494 e. The van der Waals surface area contributed by atoms with E-state index in [-0.39, 0.29) is 18.3 Å². The third-order valence-corrected chi connectivity index (χ3v) is 19.4. The summed E-state index contributed by atoms with van der Waals surface area (Å²) in [6, 6.07) is 95.2. The van der Waals surface area contributed by atoms with Gasteiger partial charge in [-0.2, -0.15) is 0 Å². The smallest absolute Gasteiger partial charge is 0.399 e. The van der Waals surface area contributed by atoms with Crippen molar-refractivity contribution in [1.82, 2.24) is 9.13 Å². The predicted molar refractivity (Wildman–Crippen MR) is 363 cm³/mol. The standard InChI is InChI=1S/C34H30BNO2.C34H22BrN.C6H4BrI/c1-33(2)34(3,4)38-35(37-33)26-13-10-12-24(21-26)25-17-19-29-31(22-25)36(27-14-6-5-7-15-27)30-20-18-23-11-8-9-16-28(23)32(29)30;35-31-16-7-6-14-28(31)26-11-8-10-24(21-26)25-17-19-30-33(22-25)36(27-12-2-1-3-13-27)32-20-18-23-9-4-5-15-29(23)34(30)32;7-5-3-1-2-4-6(5)8/h5-22H,1-4H3;1-22H;1-4H. The van der Waals surface area contributed by atoms with Crippen LogP contribution in [-0.2, 0) is 9.31 Å². The minimum Gasteiger partial charge on any atom is -0.399 e. The molecule has 3 heterocycles. The summed E-state index contributed by atoms with van der Waals surface area (Å²) in [4.78, 5) is 0. The van der Waals surface area contributed by atoms with E-state index >= 15 is 0 Å². The first-order chi connectivity index (χ1) is 39.9. The summed E-state index contributed by atoms with van der Waals surface area (Å²) in [6.45, 7) is 8.38. The molecule has 14 aromatic rings. The van der Waals surface area contributed by atoms with E-state index in [9.17, 15) is 0 Å². The van der Waals surface area contributed by atoms with E-state index in [1.54, 1.807) is 0 Å². The second-order valence-corrected chi connectivity index (χ2v) is 24.7. The Kier molecular flexibility index (Phi) is 14.6. The lowest BCUT2D eigenvalue weighted by Crippen LogP contribution is -2.41. The van der Waals surface area contributed by atoms with Crippen LogP contribution in [0.4, 0.5) is 0 Å². The van der Waals surface area contributed by atoms with Crippen LogP contribution in [-0.4, -0.2) is 27.5 Å². The number of benzene rings is 12. The molecule has 2 aromatic heterocycles. The van der Waals surface area contributed by atoms with Crippen LogP contribution in [0.15, 0.2) is 276 Å². The average molecular weight is 1300 g/mol. The van der Waals surface area contributed by atoms with Crippen molar-refractivity contribution < 1.29 is 9.31 Å². The fourth-order valence-corrected chi connectivity index (χ4v) is 12.7. The second-order valence-electron chi connectivity index (χ2n) is 21.9. The van der Waals surface area contributed by atoms with Crippen LogP contribution in [0.2, 0.25) is 0 Å². The van der Waals surface area contributed by atoms with Crippen LogP contribution in [0.25, 0.3) is 110 Å². The Morgan fingerprint density at radius 2 is 0.793 bits per heavy atom. The van der Waals surface area contributed by atoms with Gasteiger partial charge >= 0.3 is 7.12 Å². The van der Waals surface area contributed by atoms with Crippen molar-refractivity contribution in [3.8, 4) is 44.8 Å². The van der Waals surface area contributed by atoms with Gasteiger partial charge in [0.2, 0.25) is 0 Å². The zero-order valence-corrected chi connectivity index (χ0v) is 51.2. The fourth-order valence-electron chi connectivity index (χ4n) is 11.5. The van der Waals surface area contributed by atoms with E-state index < -0.39 is 0 Å². The number of hydrogen-bond acceptors (Lipinski definition) is 2. The van der Waals surface area contributed by atoms with Crippen LogP contribution in [0.5, 0.6) is 0 Å². The Balaban J connectivity index is 0.000000136. The van der Waals surface area contributed by atoms with Crippen LogP contribution in [0.3, 0.4) is 0 Å². The SMILES string of the molecule is Brc1ccccc1-c1cccc(-c2ccc3c4c5ccccc5ccc4n(-c4ccccc4)c3c2)c1.Brc1ccccc1I.CC1(C)OB(c2cccc(-c3ccc4c5c6ccccc6ccc5n(-c5ccccc5)c4c3)c2)OC1(C)C. The van der Waals surface area contributed by atoms with Gasteiger partial charge in [0.25, 0.3) is 0 Å². The van der Waals surface area contributed by atoms with Gasteiger partial charge in [-0.05, 0) is 199 Å². The van der Waals surface area contributed by atoms with Crippen molar-refractivity contribution in [3.63, 3.8) is 0 Å². The summed E-state index contributed by atoms with van der Waals surface area (Å²) in [7, 11) is -0.384. The highest BCUT2D eigenvalue weighted by molar-refractivity contribution is 14.1. The molecule has 1 fully saturated rings. The molecule has 398 valence electrons. The first-order valence-electron chi connectivity index (χ1n) is 27.6. The van der Waals surface area contributed by atoms with Crippen LogP contribution < -0.4 is 5.46 Å². The molecule has 0 N–H and O–H groups in total. The molecule has 0 saturated carbocycles. The molecule has 0 amide bonds. The number of fused-ring (bicyclic) bond motifs is 10. The summed E-state index contributed by atoms with van der Waals surface area (Å²) in [5.41, 5.74) is 14.6. The lowest BCUT2D eigenvalue weighted by Gasteiger charge is -2.32. The highest BCUT2D eigenvalue weighted by Gasteiger charge is 2.51. The Labute approximate surface area is 509 Å². The van der Waals surface area contributed by atoms with E-state index in [2.05, 4.69) is 340 Å². The molecule has 0 unspecified atom stereocenters. The Morgan fingerprint density at radius 3 is 1.30 bits per heavy atom. The summed E-state index contributed by atoms with van der Waals surface area (Å²) in [5.74, 6) is 0. The van der Waals surface area contributed by atoms with Gasteiger partial charge in [-0.3, -0.25) is 0 Å². The number of rotatable bonds is 6. The molecule has 0 atom stereocenters. The molecule has 8 heteroatoms. The Morgan fingerprint density at radius 1 is 0.354 bits per heavy atom. The first kappa shape index (κ1) is 53.7. The molecule has 1 saturated heterocycles. The highest BCUT2D eigenvalue weighted by Crippen LogP contribution is 2.42. The summed E-state index contributed by atoms with van der Waals surface area (Å²) < 4.78 is 21.0. The van der Waals surface area contributed by atoms with Gasteiger partial charge in [-0.15, -0.1) is 0 Å². The Bertz CT molecular complexity index is 4670. The number of para-hydroxylation sites is 2. The van der Waals surface area contributed by atoms with Gasteiger partial charge in [0.15, 0.2) is 0 Å². The van der Waals surface area contributed by atoms with Gasteiger partial charge in [0.05, 0.1) is 33.3 Å². The van der Waals surface area contributed by atoms with Gasteiger partial charge in [0.1, 0.15) is 0 Å². The maximum Gasteiger partial charge on any atom is 0.494 e. The third-order valence-electron chi connectivity index (χ3n) is 16.3. The van der Waals surface area contributed by atoms with Gasteiger partial charge < -0.3 is 18.4 Å². The number of hydrogen-bond donors (Lipinski definition) is 0. The van der Waals surface area contributed by atoms with Crippen molar-refractivity contribution in [2.75, 3.05) is 0 Å². The second kappa shape index (κ2) is 22.3. The van der Waals surface area contributed by atoms with Crippen molar-refractivity contribution in [3.05, 3.63) is 279 Å². The average Bonchev–Trinajstić information content (AvgIpc) is 3.76. The molecular weight excluding hydrogens is 1250 g/mol. The van der Waals surface area contributed by atoms with Gasteiger partial charge in [-0.1, -0.05) is 210 Å². The minimum absolute atomic E-state index is 0.369. The van der Waals surface area contributed by atoms with Crippen LogP contribution in [0, 0.1) is 3.57 Å². The minimum atomic E-state index is -0.384. The van der Waals surface area contributed by atoms with Crippen LogP contribution >= 0.6 is 54.5 Å². The lowest BCUT2D eigenvalue weighted by molar-refractivity contribution is 0.00578. The van der Waals surface area contributed by atoms with Crippen molar-refractivity contribution >= 4 is 132 Å². The fraction of sp³-hybridized carbons (Fsp3) is 0.0811. The molecule has 0 radical (unpaired) electrons. The molecule has 0 aliphatic carbocycles. The molecule has 82 heavy (non-hydrogen) atoms. The summed E-state index contributed by atoms with van der Waals surface area (Å²) >= 11 is 9.38. The monoisotopic (exact) mass is 1300 g/mol. The molecule has 1 aliphatic rings. The van der Waals surface area contributed by atoms with Crippen molar-refractivity contribution in [2.45, 2.75) is 38.9 Å². The number of nitrogens with zero attached hydrogens (tertiary/aromatic N) is 2. The zero-order chi connectivity index (χ0) is 56.1. The molecule has 1 aliphatic heterocycles. The van der Waals surface area contributed by atoms with Crippen molar-refractivity contribution in [1.29, 1.82) is 0 Å². The molecule has 12 aromatic carbocycles. The maximum absolute atomic E-state index is 6.34. The van der Waals surface area contributed by atoms with Gasteiger partial charge in [-0.25, -0.2) is 0 Å². The van der Waals surface area contributed by atoms with E-state index in [1.165, 1.54) is 107 Å². The highest BCUT2D eigenvalue weighted by atomic mass is 127. The van der Waals surface area contributed by atoms with Crippen LogP contribution in [0.1, 0.15) is 27.7 Å². The van der Waals surface area contributed by atoms with Gasteiger partial charge in [0, 0.05) is 45.4 Å². The first-order valence-corrected chi connectivity index (χ1v) is 30.3. The number of aromatic nitrogens is 2. The van der Waals surface area contributed by atoms with E-state index in [4.69, 9.17) is 9.31 Å².